The average molecular weight is 299 g/mol. The van der Waals surface area contributed by atoms with Gasteiger partial charge in [-0.25, -0.2) is 0 Å². The van der Waals surface area contributed by atoms with Crippen LogP contribution in [0, 0.1) is 6.92 Å². The quantitative estimate of drug-likeness (QED) is 0.707. The van der Waals surface area contributed by atoms with Gasteiger partial charge in [-0.15, -0.1) is 0 Å². The van der Waals surface area contributed by atoms with E-state index in [1.54, 1.807) is 36.4 Å². The molecule has 0 bridgehead atoms. The molecule has 0 saturated heterocycles. The Labute approximate surface area is 129 Å². The molecule has 0 aliphatic rings. The number of benzene rings is 2. The van der Waals surface area contributed by atoms with Crippen LogP contribution >= 0.6 is 0 Å². The predicted octanol–water partition coefficient (Wildman–Crippen LogP) is 0.613. The number of amides is 1. The van der Waals surface area contributed by atoms with Gasteiger partial charge in [-0.05, 0) is 30.1 Å². The number of carbonyl (C=O) groups is 1. The molecule has 2 aromatic rings. The summed E-state index contributed by atoms with van der Waals surface area (Å²) < 4.78 is 5.20. The minimum Gasteiger partial charge on any atom is -0.496 e. The normalized spacial score (nSPS) is 10.2. The summed E-state index contributed by atoms with van der Waals surface area (Å²) in [6, 6.07) is 12.1. The maximum atomic E-state index is 12.3. The number of nitrogens with one attached hydrogen (secondary N) is 1. The second kappa shape index (κ2) is 7.11. The minimum atomic E-state index is -1.49. The third-order valence-electron chi connectivity index (χ3n) is 3.33. The van der Waals surface area contributed by atoms with Crippen LogP contribution < -0.4 is 15.5 Å². The van der Waals surface area contributed by atoms with Crippen molar-refractivity contribution in [1.82, 2.24) is 5.32 Å². The molecule has 2 aromatic carbocycles. The summed E-state index contributed by atoms with van der Waals surface area (Å²) in [4.78, 5) is 12.3. The minimum absolute atomic E-state index is 0.216. The zero-order valence-corrected chi connectivity index (χ0v) is 12.5. The highest BCUT2D eigenvalue weighted by Gasteiger charge is 2.13. The van der Waals surface area contributed by atoms with Crippen LogP contribution in [0.3, 0.4) is 0 Å². The molecule has 5 nitrogen and oxygen atoms in total. The number of rotatable bonds is 5. The highest BCUT2D eigenvalue weighted by Crippen LogP contribution is 2.19. The molecule has 6 heteroatoms. The second-order valence-electron chi connectivity index (χ2n) is 5.00. The number of aryl methyl sites for hydroxylation is 1. The topological polar surface area (TPSA) is 78.8 Å². The molecule has 22 heavy (non-hydrogen) atoms. The molecule has 0 fully saturated rings. The van der Waals surface area contributed by atoms with Crippen LogP contribution in [0.25, 0.3) is 0 Å². The molecular formula is C16H18BNO4. The lowest BCUT2D eigenvalue weighted by atomic mass is 9.80. The van der Waals surface area contributed by atoms with Crippen molar-refractivity contribution in [1.29, 1.82) is 0 Å². The smallest absolute Gasteiger partial charge is 0.488 e. The zero-order chi connectivity index (χ0) is 16.1. The Morgan fingerprint density at radius 2 is 1.86 bits per heavy atom. The summed E-state index contributed by atoms with van der Waals surface area (Å²) in [5.41, 5.74) is 2.75. The fraction of sp³-hybridized carbons (Fsp3) is 0.188. The van der Waals surface area contributed by atoms with Crippen LogP contribution in [0.1, 0.15) is 21.5 Å². The van der Waals surface area contributed by atoms with Gasteiger partial charge in [0.25, 0.3) is 5.91 Å². The largest absolute Gasteiger partial charge is 0.496 e. The number of hydrogen-bond donors (Lipinski definition) is 3. The maximum absolute atomic E-state index is 12.3. The fourth-order valence-corrected chi connectivity index (χ4v) is 2.08. The van der Waals surface area contributed by atoms with Crippen LogP contribution in [0.15, 0.2) is 42.5 Å². The van der Waals surface area contributed by atoms with E-state index in [1.807, 2.05) is 13.0 Å². The van der Waals surface area contributed by atoms with E-state index in [0.29, 0.717) is 23.3 Å². The molecule has 0 unspecified atom stereocenters. The van der Waals surface area contributed by atoms with E-state index in [1.165, 1.54) is 7.11 Å². The molecular weight excluding hydrogens is 281 g/mol. The Bertz CT molecular complexity index is 656. The summed E-state index contributed by atoms with van der Waals surface area (Å²) in [7, 11) is 0.0422. The third-order valence-corrected chi connectivity index (χ3v) is 3.33. The Balaban J connectivity index is 2.05. The molecule has 3 N–H and O–H groups in total. The fourth-order valence-electron chi connectivity index (χ4n) is 2.08. The third kappa shape index (κ3) is 3.87. The highest BCUT2D eigenvalue weighted by molar-refractivity contribution is 6.58. The van der Waals surface area contributed by atoms with E-state index in [4.69, 9.17) is 14.8 Å². The molecule has 0 aliphatic heterocycles. The molecule has 0 aliphatic carbocycles. The van der Waals surface area contributed by atoms with Gasteiger partial charge in [-0.1, -0.05) is 35.9 Å². The number of methoxy groups -OCH3 is 1. The lowest BCUT2D eigenvalue weighted by Crippen LogP contribution is -2.30. The van der Waals surface area contributed by atoms with Gasteiger partial charge < -0.3 is 20.1 Å². The van der Waals surface area contributed by atoms with Gasteiger partial charge in [-0.2, -0.15) is 0 Å². The standard InChI is InChI=1S/C16H18BNO4/c1-11-3-8-15(22-2)14(9-11)16(19)18-10-12-4-6-13(7-5-12)17(20)21/h3-9,20-21H,10H2,1-2H3,(H,18,19). The maximum Gasteiger partial charge on any atom is 0.488 e. The van der Waals surface area contributed by atoms with Gasteiger partial charge >= 0.3 is 7.12 Å². The monoisotopic (exact) mass is 299 g/mol. The number of ether oxygens (including phenoxy) is 1. The Morgan fingerprint density at radius 1 is 1.18 bits per heavy atom. The van der Waals surface area contributed by atoms with Crippen LogP contribution in [0.2, 0.25) is 0 Å². The first-order valence-electron chi connectivity index (χ1n) is 6.89. The van der Waals surface area contributed by atoms with Gasteiger partial charge in [0.15, 0.2) is 0 Å². The Morgan fingerprint density at radius 3 is 2.45 bits per heavy atom. The van der Waals surface area contributed by atoms with Crippen LogP contribution in [0.4, 0.5) is 0 Å². The first-order chi connectivity index (χ1) is 10.5. The van der Waals surface area contributed by atoms with E-state index in [2.05, 4.69) is 5.32 Å². The molecule has 114 valence electrons. The molecule has 0 spiro atoms. The van der Waals surface area contributed by atoms with Gasteiger partial charge in [0.2, 0.25) is 0 Å². The molecule has 1 amide bonds. The van der Waals surface area contributed by atoms with E-state index in [9.17, 15) is 4.79 Å². The molecule has 0 heterocycles. The van der Waals surface area contributed by atoms with E-state index in [0.717, 1.165) is 11.1 Å². The predicted molar refractivity (Wildman–Crippen MR) is 85.2 cm³/mol. The van der Waals surface area contributed by atoms with Gasteiger partial charge in [0.05, 0.1) is 12.7 Å². The van der Waals surface area contributed by atoms with Crippen LogP contribution in [0.5, 0.6) is 5.75 Å². The number of carbonyl (C=O) groups excluding carboxylic acids is 1. The van der Waals surface area contributed by atoms with Crippen molar-refractivity contribution in [2.45, 2.75) is 13.5 Å². The summed E-state index contributed by atoms with van der Waals surface area (Å²) in [5.74, 6) is 0.314. The van der Waals surface area contributed by atoms with Crippen molar-refractivity contribution in [3.63, 3.8) is 0 Å². The lowest BCUT2D eigenvalue weighted by molar-refractivity contribution is 0.0947. The van der Waals surface area contributed by atoms with Gasteiger partial charge in [0, 0.05) is 6.54 Å². The first-order valence-corrected chi connectivity index (χ1v) is 6.89. The van der Waals surface area contributed by atoms with Crippen molar-refractivity contribution < 1.29 is 19.6 Å². The van der Waals surface area contributed by atoms with Crippen molar-refractivity contribution in [3.05, 3.63) is 59.2 Å². The summed E-state index contributed by atoms with van der Waals surface area (Å²) in [6.07, 6.45) is 0. The van der Waals surface area contributed by atoms with Crippen LogP contribution in [-0.2, 0) is 6.54 Å². The SMILES string of the molecule is COc1ccc(C)cc1C(=O)NCc1ccc(B(O)O)cc1. The lowest BCUT2D eigenvalue weighted by Gasteiger charge is -2.10. The number of hydrogen-bond acceptors (Lipinski definition) is 4. The molecule has 0 radical (unpaired) electrons. The van der Waals surface area contributed by atoms with Crippen molar-refractivity contribution in [2.24, 2.45) is 0 Å². The molecule has 0 saturated carbocycles. The van der Waals surface area contributed by atoms with Crippen molar-refractivity contribution in [2.75, 3.05) is 7.11 Å². The van der Waals surface area contributed by atoms with Crippen molar-refractivity contribution in [3.8, 4) is 5.75 Å². The highest BCUT2D eigenvalue weighted by atomic mass is 16.5. The second-order valence-corrected chi connectivity index (χ2v) is 5.00. The summed E-state index contributed by atoms with van der Waals surface area (Å²) in [5, 5.41) is 20.9. The summed E-state index contributed by atoms with van der Waals surface area (Å²) >= 11 is 0. The first kappa shape index (κ1) is 16.1. The molecule has 0 atom stereocenters. The van der Waals surface area contributed by atoms with Gasteiger partial charge in [-0.3, -0.25) is 4.79 Å². The molecule has 2 rings (SSSR count). The Kier molecular flexibility index (Phi) is 5.19. The van der Waals surface area contributed by atoms with E-state index < -0.39 is 7.12 Å². The Hall–Kier alpha value is -2.31. The zero-order valence-electron chi connectivity index (χ0n) is 12.5. The van der Waals surface area contributed by atoms with E-state index >= 15 is 0 Å². The molecule has 0 aromatic heterocycles. The van der Waals surface area contributed by atoms with E-state index in [-0.39, 0.29) is 5.91 Å². The summed E-state index contributed by atoms with van der Waals surface area (Å²) in [6.45, 7) is 2.26. The average Bonchev–Trinajstić information content (AvgIpc) is 2.53. The van der Waals surface area contributed by atoms with Crippen molar-refractivity contribution >= 4 is 18.5 Å². The van der Waals surface area contributed by atoms with Gasteiger partial charge in [0.1, 0.15) is 5.75 Å². The van der Waals surface area contributed by atoms with Crippen LogP contribution in [-0.4, -0.2) is 30.2 Å².